The molecule has 1 aliphatic carbocycles. The van der Waals surface area contributed by atoms with Gasteiger partial charge in [0.05, 0.1) is 12.4 Å². The summed E-state index contributed by atoms with van der Waals surface area (Å²) in [6, 6.07) is 1.92. The van der Waals surface area contributed by atoms with Gasteiger partial charge < -0.3 is 5.32 Å². The second-order valence-electron chi connectivity index (χ2n) is 5.30. The number of nitrogens with zero attached hydrogens (tertiary/aromatic N) is 5. The van der Waals surface area contributed by atoms with E-state index in [1.54, 1.807) is 12.4 Å². The van der Waals surface area contributed by atoms with Gasteiger partial charge >= 0.3 is 0 Å². The van der Waals surface area contributed by atoms with Crippen LogP contribution in [-0.4, -0.2) is 29.9 Å². The molecule has 0 unspecified atom stereocenters. The molecule has 2 N–H and O–H groups in total. The number of anilines is 2. The number of fused-ring (bicyclic) bond motifs is 1. The maximum atomic E-state index is 4.59. The minimum Gasteiger partial charge on any atom is -0.322 e. The number of nitrogens with one attached hydrogen (secondary N) is 2. The lowest BCUT2D eigenvalue weighted by Gasteiger charge is -2.03. The first-order valence-corrected chi connectivity index (χ1v) is 6.75. The molecule has 3 aromatic heterocycles. The van der Waals surface area contributed by atoms with Crippen LogP contribution < -0.4 is 5.32 Å². The lowest BCUT2D eigenvalue weighted by atomic mass is 10.4. The van der Waals surface area contributed by atoms with Gasteiger partial charge in [-0.05, 0) is 25.7 Å². The Hall–Kier alpha value is -2.44. The Morgan fingerprint density at radius 2 is 2.25 bits per heavy atom. The molecule has 0 atom stereocenters. The molecular weight excluding hydrogens is 254 g/mol. The summed E-state index contributed by atoms with van der Waals surface area (Å²) in [5.74, 6) is 2.18. The van der Waals surface area contributed by atoms with Gasteiger partial charge in [0.25, 0.3) is 0 Å². The van der Waals surface area contributed by atoms with E-state index in [9.17, 15) is 0 Å². The Balaban J connectivity index is 1.65. The van der Waals surface area contributed by atoms with Crippen LogP contribution in [0.25, 0.3) is 11.2 Å². The molecule has 0 amide bonds. The van der Waals surface area contributed by atoms with Gasteiger partial charge in [-0.1, -0.05) is 0 Å². The van der Waals surface area contributed by atoms with Crippen LogP contribution in [0, 0.1) is 12.8 Å². The van der Waals surface area contributed by atoms with Gasteiger partial charge in [0.15, 0.2) is 17.3 Å². The molecule has 0 bridgehead atoms. The number of hydrogen-bond donors (Lipinski definition) is 2. The summed E-state index contributed by atoms with van der Waals surface area (Å²) < 4.78 is 1.95. The summed E-state index contributed by atoms with van der Waals surface area (Å²) >= 11 is 0. The molecule has 0 aliphatic heterocycles. The zero-order valence-corrected chi connectivity index (χ0v) is 11.2. The molecule has 4 rings (SSSR count). The predicted molar refractivity (Wildman–Crippen MR) is 74.7 cm³/mol. The summed E-state index contributed by atoms with van der Waals surface area (Å²) in [6.07, 6.45) is 6.06. The molecule has 0 aromatic carbocycles. The monoisotopic (exact) mass is 269 g/mol. The zero-order valence-electron chi connectivity index (χ0n) is 11.2. The Kier molecular flexibility index (Phi) is 2.45. The molecular formula is C13H15N7. The summed E-state index contributed by atoms with van der Waals surface area (Å²) in [7, 11) is 0. The highest BCUT2D eigenvalue weighted by molar-refractivity contribution is 5.71. The molecule has 7 heteroatoms. The third-order valence-electron chi connectivity index (χ3n) is 3.44. The van der Waals surface area contributed by atoms with E-state index < -0.39 is 0 Å². The van der Waals surface area contributed by atoms with Crippen LogP contribution in [0.2, 0.25) is 0 Å². The molecule has 0 spiro atoms. The first-order chi connectivity index (χ1) is 9.78. The highest BCUT2D eigenvalue weighted by Gasteiger charge is 2.23. The van der Waals surface area contributed by atoms with Crippen molar-refractivity contribution in [1.82, 2.24) is 29.9 Å². The van der Waals surface area contributed by atoms with E-state index in [1.165, 1.54) is 12.8 Å². The van der Waals surface area contributed by atoms with Crippen molar-refractivity contribution in [2.75, 3.05) is 5.32 Å². The Bertz CT molecular complexity index is 753. The number of aromatic amines is 1. The van der Waals surface area contributed by atoms with Crippen molar-refractivity contribution in [2.45, 2.75) is 26.3 Å². The highest BCUT2D eigenvalue weighted by Crippen LogP contribution is 2.31. The third kappa shape index (κ3) is 2.11. The van der Waals surface area contributed by atoms with E-state index in [4.69, 9.17) is 0 Å². The van der Waals surface area contributed by atoms with Crippen molar-refractivity contribution in [1.29, 1.82) is 0 Å². The van der Waals surface area contributed by atoms with Gasteiger partial charge in [-0.25, -0.2) is 14.6 Å². The van der Waals surface area contributed by atoms with Gasteiger partial charge in [-0.3, -0.25) is 5.10 Å². The van der Waals surface area contributed by atoms with Crippen LogP contribution in [0.3, 0.4) is 0 Å². The van der Waals surface area contributed by atoms with Crippen molar-refractivity contribution in [3.8, 4) is 0 Å². The van der Waals surface area contributed by atoms with Crippen LogP contribution in [0.5, 0.6) is 0 Å². The van der Waals surface area contributed by atoms with E-state index in [0.29, 0.717) is 5.82 Å². The van der Waals surface area contributed by atoms with E-state index in [-0.39, 0.29) is 0 Å². The standard InChI is InChI=1S/C13H15N7/c1-8-4-11(19-18-8)16-12-6-14-10-5-15-20(13(10)17-12)7-9-2-3-9/h4-6,9H,2-3,7H2,1H3,(H2,16,17,18,19). The first kappa shape index (κ1) is 11.4. The summed E-state index contributed by atoms with van der Waals surface area (Å²) in [5, 5.41) is 14.5. The molecule has 3 aromatic rings. The predicted octanol–water partition coefficient (Wildman–Crippen LogP) is 2.01. The van der Waals surface area contributed by atoms with Crippen LogP contribution in [0.15, 0.2) is 18.5 Å². The average molecular weight is 269 g/mol. The largest absolute Gasteiger partial charge is 0.322 e. The van der Waals surface area contributed by atoms with Crippen molar-refractivity contribution >= 4 is 22.8 Å². The quantitative estimate of drug-likeness (QED) is 0.757. The van der Waals surface area contributed by atoms with Crippen LogP contribution in [0.1, 0.15) is 18.5 Å². The summed E-state index contributed by atoms with van der Waals surface area (Å²) in [6.45, 7) is 2.89. The molecule has 1 saturated carbocycles. The van der Waals surface area contributed by atoms with Crippen LogP contribution >= 0.6 is 0 Å². The Morgan fingerprint density at radius 1 is 1.35 bits per heavy atom. The molecule has 0 saturated heterocycles. The number of aryl methyl sites for hydroxylation is 1. The SMILES string of the molecule is Cc1cc(Nc2cnc3cnn(CC4CC4)c3n2)n[nH]1. The second-order valence-corrected chi connectivity index (χ2v) is 5.30. The fourth-order valence-electron chi connectivity index (χ4n) is 2.20. The van der Waals surface area contributed by atoms with Crippen molar-refractivity contribution in [3.05, 3.63) is 24.2 Å². The Morgan fingerprint density at radius 3 is 3.00 bits per heavy atom. The second kappa shape index (κ2) is 4.29. The van der Waals surface area contributed by atoms with Gasteiger partial charge in [0, 0.05) is 18.3 Å². The van der Waals surface area contributed by atoms with Crippen molar-refractivity contribution in [2.24, 2.45) is 5.92 Å². The van der Waals surface area contributed by atoms with E-state index in [2.05, 4.69) is 30.6 Å². The molecule has 20 heavy (non-hydrogen) atoms. The molecule has 7 nitrogen and oxygen atoms in total. The average Bonchev–Trinajstić information content (AvgIpc) is 3.04. The maximum absolute atomic E-state index is 4.59. The lowest BCUT2D eigenvalue weighted by molar-refractivity contribution is 0.576. The molecule has 0 radical (unpaired) electrons. The van der Waals surface area contributed by atoms with Gasteiger partial charge in [0.1, 0.15) is 5.52 Å². The molecule has 3 heterocycles. The number of rotatable bonds is 4. The van der Waals surface area contributed by atoms with Crippen LogP contribution in [0.4, 0.5) is 11.6 Å². The summed E-state index contributed by atoms with van der Waals surface area (Å²) in [5.41, 5.74) is 2.66. The highest BCUT2D eigenvalue weighted by atomic mass is 15.3. The number of aromatic nitrogens is 6. The fourth-order valence-corrected chi connectivity index (χ4v) is 2.20. The van der Waals surface area contributed by atoms with Crippen molar-refractivity contribution < 1.29 is 0 Å². The smallest absolute Gasteiger partial charge is 0.178 e. The van der Waals surface area contributed by atoms with Crippen LogP contribution in [-0.2, 0) is 6.54 Å². The van der Waals surface area contributed by atoms with E-state index >= 15 is 0 Å². The van der Waals surface area contributed by atoms with Crippen molar-refractivity contribution in [3.63, 3.8) is 0 Å². The first-order valence-electron chi connectivity index (χ1n) is 6.75. The molecule has 1 fully saturated rings. The maximum Gasteiger partial charge on any atom is 0.178 e. The fraction of sp³-hybridized carbons (Fsp3) is 0.385. The minimum atomic E-state index is 0.682. The minimum absolute atomic E-state index is 0.682. The number of H-pyrrole nitrogens is 1. The normalized spacial score (nSPS) is 14.8. The van der Waals surface area contributed by atoms with Gasteiger partial charge in [-0.15, -0.1) is 0 Å². The number of hydrogen-bond acceptors (Lipinski definition) is 5. The summed E-state index contributed by atoms with van der Waals surface area (Å²) in [4.78, 5) is 8.98. The Labute approximate surface area is 115 Å². The van der Waals surface area contributed by atoms with Gasteiger partial charge in [-0.2, -0.15) is 10.2 Å². The third-order valence-corrected chi connectivity index (χ3v) is 3.44. The van der Waals surface area contributed by atoms with Gasteiger partial charge in [0.2, 0.25) is 0 Å². The lowest BCUT2D eigenvalue weighted by Crippen LogP contribution is -2.04. The van der Waals surface area contributed by atoms with E-state index in [0.717, 1.165) is 35.1 Å². The molecule has 1 aliphatic rings. The topological polar surface area (TPSA) is 84.3 Å². The zero-order chi connectivity index (χ0) is 13.5. The van der Waals surface area contributed by atoms with E-state index in [1.807, 2.05) is 17.7 Å². The molecule has 102 valence electrons.